The maximum atomic E-state index is 12.9. The molecule has 0 saturated carbocycles. The third-order valence-corrected chi connectivity index (χ3v) is 4.89. The van der Waals surface area contributed by atoms with Crippen LogP contribution in [0.4, 0.5) is 10.1 Å². The summed E-state index contributed by atoms with van der Waals surface area (Å²) in [6, 6.07) is 12.8. The number of ether oxygens (including phenoxy) is 1. The molecule has 0 saturated heterocycles. The Kier molecular flexibility index (Phi) is 7.13. The third-order valence-electron chi connectivity index (χ3n) is 4.89. The number of hydrogen-bond acceptors (Lipinski definition) is 5. The summed E-state index contributed by atoms with van der Waals surface area (Å²) >= 11 is 0. The Bertz CT molecular complexity index is 1030. The first-order valence-corrected chi connectivity index (χ1v) is 9.89. The number of likely N-dealkylation sites (N-methyl/N-ethyl adjacent to an activating group) is 1. The van der Waals surface area contributed by atoms with Crippen molar-refractivity contribution in [2.24, 2.45) is 10.2 Å². The van der Waals surface area contributed by atoms with Gasteiger partial charge in [-0.1, -0.05) is 32.0 Å². The fourth-order valence-electron chi connectivity index (χ4n) is 3.19. The van der Waals surface area contributed by atoms with Crippen LogP contribution in [0.25, 0.3) is 10.9 Å². The van der Waals surface area contributed by atoms with Crippen LogP contribution in [0.5, 0.6) is 11.6 Å². The molecule has 0 fully saturated rings. The highest BCUT2D eigenvalue weighted by molar-refractivity contribution is 5.95. The highest BCUT2D eigenvalue weighted by Gasteiger charge is 2.17. The van der Waals surface area contributed by atoms with E-state index in [4.69, 9.17) is 4.74 Å². The fraction of sp³-hybridized carbons (Fsp3) is 0.318. The first-order valence-electron chi connectivity index (χ1n) is 9.89. The van der Waals surface area contributed by atoms with Crippen molar-refractivity contribution in [2.75, 3.05) is 26.2 Å². The minimum Gasteiger partial charge on any atom is -0.493 e. The van der Waals surface area contributed by atoms with E-state index in [1.165, 1.54) is 24.3 Å². The second-order valence-electron chi connectivity index (χ2n) is 6.70. The molecule has 1 N–H and O–H groups in total. The van der Waals surface area contributed by atoms with Crippen LogP contribution in [-0.4, -0.2) is 46.7 Å². The molecule has 0 spiro atoms. The molecular weight excluding hydrogens is 387 g/mol. The van der Waals surface area contributed by atoms with Gasteiger partial charge in [0, 0.05) is 18.5 Å². The predicted molar refractivity (Wildman–Crippen MR) is 113 cm³/mol. The summed E-state index contributed by atoms with van der Waals surface area (Å²) in [6.07, 6.45) is 0. The van der Waals surface area contributed by atoms with Crippen LogP contribution in [0.15, 0.2) is 58.8 Å². The van der Waals surface area contributed by atoms with Gasteiger partial charge in [-0.3, -0.25) is 4.79 Å². The van der Waals surface area contributed by atoms with Gasteiger partial charge in [0.1, 0.15) is 11.6 Å². The van der Waals surface area contributed by atoms with Crippen molar-refractivity contribution in [1.29, 1.82) is 0 Å². The first kappa shape index (κ1) is 21.4. The Morgan fingerprint density at radius 2 is 1.83 bits per heavy atom. The van der Waals surface area contributed by atoms with Crippen LogP contribution in [0.3, 0.4) is 0 Å². The average molecular weight is 412 g/mol. The molecule has 158 valence electrons. The van der Waals surface area contributed by atoms with E-state index in [2.05, 4.69) is 29.0 Å². The summed E-state index contributed by atoms with van der Waals surface area (Å²) in [4.78, 5) is 14.3. The van der Waals surface area contributed by atoms with Gasteiger partial charge in [-0.25, -0.2) is 4.39 Å². The molecule has 1 amide bonds. The van der Waals surface area contributed by atoms with E-state index in [1.807, 2.05) is 24.3 Å². The Balaban J connectivity index is 1.75. The smallest absolute Gasteiger partial charge is 0.302 e. The van der Waals surface area contributed by atoms with Crippen molar-refractivity contribution >= 4 is 22.5 Å². The third kappa shape index (κ3) is 5.01. The molecule has 7 nitrogen and oxygen atoms in total. The molecule has 8 heteroatoms. The number of para-hydroxylation sites is 1. The maximum absolute atomic E-state index is 12.9. The minimum absolute atomic E-state index is 0.0284. The number of carbonyl (C=O) groups excluding carboxylic acids is 1. The number of halogens is 1. The molecular formula is C22H25FN4O3. The highest BCUT2D eigenvalue weighted by atomic mass is 19.1. The SMILES string of the molecule is CCN(CC)CCn1c(O)c(N=NC(=O)COc2ccc(F)cc2)c2ccccc21. The number of hydrogen-bond donors (Lipinski definition) is 1. The molecule has 0 unspecified atom stereocenters. The summed E-state index contributed by atoms with van der Waals surface area (Å²) in [5.74, 6) is -0.671. The number of carbonyl (C=O) groups is 1. The van der Waals surface area contributed by atoms with Gasteiger partial charge in [0.15, 0.2) is 12.3 Å². The number of nitrogens with zero attached hydrogens (tertiary/aromatic N) is 4. The monoisotopic (exact) mass is 412 g/mol. The number of fused-ring (bicyclic) bond motifs is 1. The molecule has 0 aliphatic carbocycles. The first-order chi connectivity index (χ1) is 14.5. The van der Waals surface area contributed by atoms with Gasteiger partial charge in [-0.2, -0.15) is 0 Å². The van der Waals surface area contributed by atoms with Crippen molar-refractivity contribution in [3.8, 4) is 11.6 Å². The van der Waals surface area contributed by atoms with Gasteiger partial charge in [-0.05, 0) is 43.4 Å². The van der Waals surface area contributed by atoms with E-state index in [9.17, 15) is 14.3 Å². The quantitative estimate of drug-likeness (QED) is 0.524. The molecule has 1 aromatic heterocycles. The van der Waals surface area contributed by atoms with Crippen LogP contribution in [0.1, 0.15) is 13.8 Å². The predicted octanol–water partition coefficient (Wildman–Crippen LogP) is 4.52. The second-order valence-corrected chi connectivity index (χ2v) is 6.70. The van der Waals surface area contributed by atoms with Crippen molar-refractivity contribution in [1.82, 2.24) is 9.47 Å². The molecule has 2 aromatic carbocycles. The normalized spacial score (nSPS) is 11.6. The Morgan fingerprint density at radius 3 is 2.53 bits per heavy atom. The van der Waals surface area contributed by atoms with Crippen LogP contribution >= 0.6 is 0 Å². The Hall–Kier alpha value is -3.26. The summed E-state index contributed by atoms with van der Waals surface area (Å²) in [6.45, 7) is 7.06. The van der Waals surface area contributed by atoms with Crippen molar-refractivity contribution in [3.05, 3.63) is 54.3 Å². The number of azo groups is 1. The van der Waals surface area contributed by atoms with Crippen LogP contribution < -0.4 is 4.74 Å². The van der Waals surface area contributed by atoms with Crippen LogP contribution in [-0.2, 0) is 11.3 Å². The zero-order chi connectivity index (χ0) is 21.5. The molecule has 30 heavy (non-hydrogen) atoms. The molecule has 0 aliphatic heterocycles. The summed E-state index contributed by atoms with van der Waals surface area (Å²) in [5, 5.41) is 19.1. The highest BCUT2D eigenvalue weighted by Crippen LogP contribution is 2.38. The second kappa shape index (κ2) is 9.98. The van der Waals surface area contributed by atoms with Crippen molar-refractivity contribution in [2.45, 2.75) is 20.4 Å². The summed E-state index contributed by atoms with van der Waals surface area (Å²) in [5.41, 5.74) is 1.08. The topological polar surface area (TPSA) is 79.4 Å². The molecule has 0 aliphatic rings. The van der Waals surface area contributed by atoms with Crippen molar-refractivity contribution < 1.29 is 19.0 Å². The van der Waals surface area contributed by atoms with Gasteiger partial charge in [0.25, 0.3) is 0 Å². The van der Waals surface area contributed by atoms with Gasteiger partial charge >= 0.3 is 5.91 Å². The minimum atomic E-state index is -0.612. The Morgan fingerprint density at radius 1 is 1.13 bits per heavy atom. The lowest BCUT2D eigenvalue weighted by Crippen LogP contribution is -2.26. The molecule has 0 bridgehead atoms. The van der Waals surface area contributed by atoms with E-state index in [-0.39, 0.29) is 24.0 Å². The van der Waals surface area contributed by atoms with E-state index in [1.54, 1.807) is 4.57 Å². The number of amides is 1. The van der Waals surface area contributed by atoms with Gasteiger partial charge in [-0.15, -0.1) is 10.2 Å². The van der Waals surface area contributed by atoms with Crippen LogP contribution in [0, 0.1) is 5.82 Å². The molecule has 3 rings (SSSR count). The van der Waals surface area contributed by atoms with E-state index in [0.717, 1.165) is 25.2 Å². The largest absolute Gasteiger partial charge is 0.493 e. The zero-order valence-electron chi connectivity index (χ0n) is 17.1. The van der Waals surface area contributed by atoms with Crippen molar-refractivity contribution in [3.63, 3.8) is 0 Å². The maximum Gasteiger partial charge on any atom is 0.302 e. The summed E-state index contributed by atoms with van der Waals surface area (Å²) < 4.78 is 20.0. The number of rotatable bonds is 9. The molecule has 1 heterocycles. The lowest BCUT2D eigenvalue weighted by Gasteiger charge is -2.18. The van der Waals surface area contributed by atoms with Gasteiger partial charge in [0.05, 0.1) is 5.52 Å². The number of aromatic hydroxyl groups is 1. The van der Waals surface area contributed by atoms with Gasteiger partial charge in [0.2, 0.25) is 5.88 Å². The molecule has 0 radical (unpaired) electrons. The van der Waals surface area contributed by atoms with Gasteiger partial charge < -0.3 is 19.3 Å². The Labute approximate surface area is 174 Å². The average Bonchev–Trinajstić information content (AvgIpc) is 3.03. The molecule has 0 atom stereocenters. The lowest BCUT2D eigenvalue weighted by molar-refractivity contribution is -0.120. The van der Waals surface area contributed by atoms with Crippen LogP contribution in [0.2, 0.25) is 0 Å². The van der Waals surface area contributed by atoms with E-state index < -0.39 is 5.91 Å². The number of aromatic nitrogens is 1. The van der Waals surface area contributed by atoms with E-state index in [0.29, 0.717) is 17.7 Å². The number of benzene rings is 2. The zero-order valence-corrected chi connectivity index (χ0v) is 17.1. The fourth-order valence-corrected chi connectivity index (χ4v) is 3.19. The lowest BCUT2D eigenvalue weighted by atomic mass is 10.2. The van der Waals surface area contributed by atoms with E-state index >= 15 is 0 Å². The standard InChI is InChI=1S/C22H25FN4O3/c1-3-26(4-2)13-14-27-19-8-6-5-7-18(19)21(22(27)29)25-24-20(28)15-30-17-11-9-16(23)10-12-17/h5-12,29H,3-4,13-15H2,1-2H3. The summed E-state index contributed by atoms with van der Waals surface area (Å²) in [7, 11) is 0. The molecule has 3 aromatic rings.